The Balaban J connectivity index is 1.03. The minimum absolute atomic E-state index is 0.232. The number of piperidine rings is 1. The molecule has 6 rings (SSSR count). The zero-order valence-corrected chi connectivity index (χ0v) is 24.5. The lowest BCUT2D eigenvalue weighted by Gasteiger charge is -2.42. The van der Waals surface area contributed by atoms with Crippen molar-refractivity contribution in [2.75, 3.05) is 80.2 Å². The van der Waals surface area contributed by atoms with E-state index in [0.29, 0.717) is 57.0 Å². The molecular weight excluding hydrogens is 544 g/mol. The second kappa shape index (κ2) is 11.5. The van der Waals surface area contributed by atoms with Crippen LogP contribution in [0.15, 0.2) is 0 Å². The second-order valence-corrected chi connectivity index (χ2v) is 12.3. The van der Waals surface area contributed by atoms with Crippen molar-refractivity contribution in [3.63, 3.8) is 0 Å². The molecule has 0 spiro atoms. The van der Waals surface area contributed by atoms with Crippen molar-refractivity contribution in [2.45, 2.75) is 64.5 Å². The molecule has 2 atom stereocenters. The average molecular weight is 585 g/mol. The van der Waals surface area contributed by atoms with Crippen LogP contribution in [-0.2, 0) is 23.9 Å². The van der Waals surface area contributed by atoms with Gasteiger partial charge in [0.15, 0.2) is 18.5 Å². The number of anilines is 3. The second-order valence-electron chi connectivity index (χ2n) is 12.3. The van der Waals surface area contributed by atoms with Crippen molar-refractivity contribution in [1.82, 2.24) is 24.8 Å². The number of esters is 1. The minimum Gasteiger partial charge on any atom is -0.450 e. The van der Waals surface area contributed by atoms with Crippen LogP contribution in [0.1, 0.15) is 52.4 Å². The van der Waals surface area contributed by atoms with E-state index in [4.69, 9.17) is 24.4 Å². The van der Waals surface area contributed by atoms with Gasteiger partial charge in [-0.3, -0.25) is 9.59 Å². The number of ether oxygens (including phenoxy) is 2. The van der Waals surface area contributed by atoms with Crippen LogP contribution >= 0.6 is 0 Å². The van der Waals surface area contributed by atoms with E-state index in [0.717, 1.165) is 58.3 Å². The van der Waals surface area contributed by atoms with Crippen LogP contribution in [0.5, 0.6) is 0 Å². The maximum atomic E-state index is 13.0. The van der Waals surface area contributed by atoms with Gasteiger partial charge in [0.2, 0.25) is 23.8 Å². The summed E-state index contributed by atoms with van der Waals surface area (Å²) in [6.45, 7) is 8.60. The SMILES string of the molecule is CC1(C)C(=O)C(OC(=O)COC(=O)N2CCN(c3nc(N4CCCC4)nc(N4CCCC4)n3)CC2)C2CCCN2C1=O. The molecule has 5 fully saturated rings. The first kappa shape index (κ1) is 28.4. The van der Waals surface area contributed by atoms with Crippen LogP contribution in [0.3, 0.4) is 0 Å². The summed E-state index contributed by atoms with van der Waals surface area (Å²) in [7, 11) is 0. The summed E-state index contributed by atoms with van der Waals surface area (Å²) in [6.07, 6.45) is 4.18. The Morgan fingerprint density at radius 3 is 1.83 bits per heavy atom. The molecule has 0 radical (unpaired) electrons. The van der Waals surface area contributed by atoms with Crippen molar-refractivity contribution >= 4 is 41.6 Å². The summed E-state index contributed by atoms with van der Waals surface area (Å²) in [6, 6.07) is -0.460. The predicted octanol–water partition coefficient (Wildman–Crippen LogP) is 0.842. The molecule has 14 heteroatoms. The van der Waals surface area contributed by atoms with Crippen molar-refractivity contribution in [1.29, 1.82) is 0 Å². The van der Waals surface area contributed by atoms with Gasteiger partial charge in [-0.25, -0.2) is 9.59 Å². The van der Waals surface area contributed by atoms with E-state index < -0.39 is 42.0 Å². The maximum Gasteiger partial charge on any atom is 0.410 e. The van der Waals surface area contributed by atoms with E-state index in [1.54, 1.807) is 23.6 Å². The number of hydrogen-bond acceptors (Lipinski definition) is 12. The number of nitrogens with zero attached hydrogens (tertiary/aromatic N) is 8. The number of amides is 2. The van der Waals surface area contributed by atoms with Gasteiger partial charge in [-0.05, 0) is 52.4 Å². The van der Waals surface area contributed by atoms with E-state index in [1.807, 2.05) is 0 Å². The molecule has 1 aromatic rings. The lowest BCUT2D eigenvalue weighted by Crippen LogP contribution is -2.62. The highest BCUT2D eigenvalue weighted by Crippen LogP contribution is 2.37. The molecule has 5 aliphatic heterocycles. The molecule has 0 saturated carbocycles. The fraction of sp³-hybridized carbons (Fsp3) is 0.750. The molecule has 1 aromatic heterocycles. The minimum atomic E-state index is -1.26. The summed E-state index contributed by atoms with van der Waals surface area (Å²) in [4.78, 5) is 75.1. The highest BCUT2D eigenvalue weighted by atomic mass is 16.6. The van der Waals surface area contributed by atoms with Crippen LogP contribution in [-0.4, -0.2) is 126 Å². The van der Waals surface area contributed by atoms with Crippen LogP contribution in [0.25, 0.3) is 0 Å². The Bertz CT molecular complexity index is 1190. The lowest BCUT2D eigenvalue weighted by atomic mass is 9.77. The Kier molecular flexibility index (Phi) is 7.79. The number of rotatable bonds is 6. The van der Waals surface area contributed by atoms with Crippen LogP contribution in [0, 0.1) is 5.41 Å². The van der Waals surface area contributed by atoms with E-state index in [-0.39, 0.29) is 5.91 Å². The number of carbonyl (C=O) groups is 4. The number of Topliss-reactive ketones (excluding diaryl/α,β-unsaturated/α-hetero) is 1. The predicted molar refractivity (Wildman–Crippen MR) is 151 cm³/mol. The molecule has 0 aromatic carbocycles. The molecule has 228 valence electrons. The van der Waals surface area contributed by atoms with Gasteiger partial charge in [0.25, 0.3) is 0 Å². The van der Waals surface area contributed by atoms with E-state index >= 15 is 0 Å². The van der Waals surface area contributed by atoms with Gasteiger partial charge >= 0.3 is 12.1 Å². The van der Waals surface area contributed by atoms with E-state index in [9.17, 15) is 19.2 Å². The van der Waals surface area contributed by atoms with Gasteiger partial charge in [0.1, 0.15) is 5.41 Å². The fourth-order valence-electron chi connectivity index (χ4n) is 6.56. The zero-order chi connectivity index (χ0) is 29.4. The van der Waals surface area contributed by atoms with E-state index in [2.05, 4.69) is 14.7 Å². The third kappa shape index (κ3) is 5.42. The molecule has 0 aliphatic carbocycles. The van der Waals surface area contributed by atoms with Crippen molar-refractivity contribution < 1.29 is 28.7 Å². The molecule has 6 heterocycles. The highest BCUT2D eigenvalue weighted by Gasteiger charge is 2.55. The lowest BCUT2D eigenvalue weighted by molar-refractivity contribution is -0.176. The third-order valence-electron chi connectivity index (χ3n) is 9.09. The van der Waals surface area contributed by atoms with Gasteiger partial charge < -0.3 is 34.0 Å². The summed E-state index contributed by atoms with van der Waals surface area (Å²) in [5, 5.41) is 0. The maximum absolute atomic E-state index is 13.0. The normalized spacial score (nSPS) is 25.7. The van der Waals surface area contributed by atoms with Crippen LogP contribution in [0.4, 0.5) is 22.6 Å². The highest BCUT2D eigenvalue weighted by molar-refractivity contribution is 6.10. The van der Waals surface area contributed by atoms with Gasteiger partial charge in [0, 0.05) is 58.9 Å². The molecule has 2 amide bonds. The number of piperazine rings is 1. The Labute approximate surface area is 245 Å². The molecule has 5 aliphatic rings. The smallest absolute Gasteiger partial charge is 0.410 e. The topological polar surface area (TPSA) is 142 Å². The molecular formula is C28H40N8O6. The van der Waals surface area contributed by atoms with Crippen LogP contribution < -0.4 is 14.7 Å². The molecule has 2 unspecified atom stereocenters. The third-order valence-corrected chi connectivity index (χ3v) is 9.09. The Hall–Kier alpha value is -3.71. The van der Waals surface area contributed by atoms with Crippen LogP contribution in [0.2, 0.25) is 0 Å². The molecule has 14 nitrogen and oxygen atoms in total. The molecule has 42 heavy (non-hydrogen) atoms. The zero-order valence-electron chi connectivity index (χ0n) is 24.5. The molecule has 0 bridgehead atoms. The first-order chi connectivity index (χ1) is 20.2. The van der Waals surface area contributed by atoms with Gasteiger partial charge in [-0.1, -0.05) is 0 Å². The van der Waals surface area contributed by atoms with Gasteiger partial charge in [-0.15, -0.1) is 0 Å². The van der Waals surface area contributed by atoms with Gasteiger partial charge in [0.05, 0.1) is 6.04 Å². The molecule has 0 N–H and O–H groups in total. The summed E-state index contributed by atoms with van der Waals surface area (Å²) in [5.41, 5.74) is -1.26. The average Bonchev–Trinajstić information content (AvgIpc) is 3.80. The van der Waals surface area contributed by atoms with Crippen molar-refractivity contribution in [2.24, 2.45) is 5.41 Å². The number of carbonyl (C=O) groups excluding carboxylic acids is 4. The first-order valence-corrected chi connectivity index (χ1v) is 15.2. The number of aromatic nitrogens is 3. The Morgan fingerprint density at radius 2 is 1.29 bits per heavy atom. The number of ketones is 1. The van der Waals surface area contributed by atoms with Gasteiger partial charge in [-0.2, -0.15) is 15.0 Å². The van der Waals surface area contributed by atoms with E-state index in [1.165, 1.54) is 0 Å². The summed E-state index contributed by atoms with van der Waals surface area (Å²) < 4.78 is 10.8. The summed E-state index contributed by atoms with van der Waals surface area (Å²) >= 11 is 0. The Morgan fingerprint density at radius 1 is 0.762 bits per heavy atom. The summed E-state index contributed by atoms with van der Waals surface area (Å²) in [5.74, 6) is 0.598. The monoisotopic (exact) mass is 584 g/mol. The first-order valence-electron chi connectivity index (χ1n) is 15.2. The van der Waals surface area contributed by atoms with Crippen molar-refractivity contribution in [3.8, 4) is 0 Å². The largest absolute Gasteiger partial charge is 0.450 e. The van der Waals surface area contributed by atoms with Crippen molar-refractivity contribution in [3.05, 3.63) is 0 Å². The number of hydrogen-bond donors (Lipinski definition) is 0. The fourth-order valence-corrected chi connectivity index (χ4v) is 6.56. The quantitative estimate of drug-likeness (QED) is 0.346. The number of fused-ring (bicyclic) bond motifs is 1. The molecule has 5 saturated heterocycles. The standard InChI is InChI=1S/C28H40N8O6/c1-28(2)22(38)21(19-8-7-13-36(19)23(28)39)42-20(37)18-41-27(40)35-16-14-34(15-17-35)26-30-24(32-9-3-4-10-32)29-25(31-26)33-11-5-6-12-33/h19,21H,3-18H2,1-2H3.